The summed E-state index contributed by atoms with van der Waals surface area (Å²) in [5.74, 6) is 2.23. The Morgan fingerprint density at radius 3 is 2.03 bits per heavy atom. The Hall–Kier alpha value is -3.05. The van der Waals surface area contributed by atoms with E-state index in [0.717, 1.165) is 47.9 Å². The van der Waals surface area contributed by atoms with Crippen LogP contribution in [0, 0.1) is 5.82 Å². The molecule has 32 heavy (non-hydrogen) atoms. The standard InChI is InChI=1S/C27H32FNO3/c1-19(2)32-24-12-8-22(9-13-24)25(21-6-10-23(28)11-7-21)15-16-29-18-20-5-14-26(30-3)27(17-20)31-4/h5-14,17,19,25,29H,15-16,18H2,1-4H3/t25-/m0/s1. The number of nitrogens with one attached hydrogen (secondary N) is 1. The van der Waals surface area contributed by atoms with Gasteiger partial charge in [-0.3, -0.25) is 0 Å². The first-order chi connectivity index (χ1) is 15.5. The highest BCUT2D eigenvalue weighted by Gasteiger charge is 2.15. The van der Waals surface area contributed by atoms with Gasteiger partial charge in [0.25, 0.3) is 0 Å². The van der Waals surface area contributed by atoms with Gasteiger partial charge in [0.1, 0.15) is 11.6 Å². The van der Waals surface area contributed by atoms with Crippen molar-refractivity contribution in [2.75, 3.05) is 20.8 Å². The van der Waals surface area contributed by atoms with Crippen molar-refractivity contribution >= 4 is 0 Å². The van der Waals surface area contributed by atoms with Gasteiger partial charge in [-0.15, -0.1) is 0 Å². The smallest absolute Gasteiger partial charge is 0.161 e. The van der Waals surface area contributed by atoms with Crippen molar-refractivity contribution < 1.29 is 18.6 Å². The number of halogens is 1. The molecule has 0 aliphatic rings. The van der Waals surface area contributed by atoms with E-state index in [4.69, 9.17) is 14.2 Å². The van der Waals surface area contributed by atoms with E-state index in [1.54, 1.807) is 14.2 Å². The molecule has 0 aliphatic carbocycles. The zero-order valence-electron chi connectivity index (χ0n) is 19.2. The molecule has 1 atom stereocenters. The molecule has 3 aromatic rings. The Balaban J connectivity index is 1.67. The maximum atomic E-state index is 13.5. The first kappa shape index (κ1) is 23.6. The van der Waals surface area contributed by atoms with Gasteiger partial charge in [0.2, 0.25) is 0 Å². The molecule has 0 saturated heterocycles. The average molecular weight is 438 g/mol. The number of ether oxygens (including phenoxy) is 3. The third-order valence-electron chi connectivity index (χ3n) is 5.31. The van der Waals surface area contributed by atoms with Gasteiger partial charge in [0.05, 0.1) is 20.3 Å². The summed E-state index contributed by atoms with van der Waals surface area (Å²) in [4.78, 5) is 0. The highest BCUT2D eigenvalue weighted by molar-refractivity contribution is 5.43. The van der Waals surface area contributed by atoms with Crippen LogP contribution in [0.2, 0.25) is 0 Å². The Morgan fingerprint density at radius 2 is 1.44 bits per heavy atom. The molecule has 0 radical (unpaired) electrons. The Kier molecular flexibility index (Phi) is 8.51. The van der Waals surface area contributed by atoms with Gasteiger partial charge in [0.15, 0.2) is 11.5 Å². The summed E-state index contributed by atoms with van der Waals surface area (Å²) in [7, 11) is 3.27. The summed E-state index contributed by atoms with van der Waals surface area (Å²) in [6.45, 7) is 5.55. The number of benzene rings is 3. The molecule has 0 aliphatic heterocycles. The molecule has 5 heteroatoms. The molecule has 4 nitrogen and oxygen atoms in total. The van der Waals surface area contributed by atoms with Gasteiger partial charge in [-0.1, -0.05) is 30.3 Å². The molecule has 0 aromatic heterocycles. The number of hydrogen-bond acceptors (Lipinski definition) is 4. The van der Waals surface area contributed by atoms with E-state index in [1.165, 1.54) is 17.7 Å². The minimum atomic E-state index is -0.222. The second-order valence-electron chi connectivity index (χ2n) is 7.99. The van der Waals surface area contributed by atoms with Gasteiger partial charge in [-0.2, -0.15) is 0 Å². The van der Waals surface area contributed by atoms with E-state index in [2.05, 4.69) is 17.4 Å². The lowest BCUT2D eigenvalue weighted by Gasteiger charge is -2.19. The van der Waals surface area contributed by atoms with Crippen LogP contribution >= 0.6 is 0 Å². The quantitative estimate of drug-likeness (QED) is 0.377. The maximum absolute atomic E-state index is 13.5. The van der Waals surface area contributed by atoms with E-state index in [1.807, 2.05) is 56.3 Å². The van der Waals surface area contributed by atoms with Crippen LogP contribution in [0.4, 0.5) is 4.39 Å². The molecular formula is C27H32FNO3. The highest BCUT2D eigenvalue weighted by atomic mass is 19.1. The van der Waals surface area contributed by atoms with Crippen LogP contribution in [0.3, 0.4) is 0 Å². The van der Waals surface area contributed by atoms with Crippen LogP contribution in [-0.4, -0.2) is 26.9 Å². The highest BCUT2D eigenvalue weighted by Crippen LogP contribution is 2.30. The lowest BCUT2D eigenvalue weighted by atomic mass is 9.88. The molecule has 170 valence electrons. The SMILES string of the molecule is COc1ccc(CNCC[C@@H](c2ccc(F)cc2)c2ccc(OC(C)C)cc2)cc1OC. The topological polar surface area (TPSA) is 39.7 Å². The van der Waals surface area contributed by atoms with Crippen molar-refractivity contribution in [2.24, 2.45) is 0 Å². The van der Waals surface area contributed by atoms with E-state index in [9.17, 15) is 4.39 Å². The van der Waals surface area contributed by atoms with Crippen LogP contribution in [-0.2, 0) is 6.54 Å². The molecule has 0 saturated carbocycles. The van der Waals surface area contributed by atoms with Crippen molar-refractivity contribution in [1.29, 1.82) is 0 Å². The third-order valence-corrected chi connectivity index (χ3v) is 5.31. The summed E-state index contributed by atoms with van der Waals surface area (Å²) < 4.78 is 30.0. The van der Waals surface area contributed by atoms with Crippen LogP contribution in [0.25, 0.3) is 0 Å². The molecule has 0 amide bonds. The molecule has 0 bridgehead atoms. The average Bonchev–Trinajstić information content (AvgIpc) is 2.80. The molecule has 0 spiro atoms. The Labute approximate surface area is 190 Å². The third kappa shape index (κ3) is 6.47. The zero-order chi connectivity index (χ0) is 22.9. The van der Waals surface area contributed by atoms with E-state index in [0.29, 0.717) is 0 Å². The molecule has 0 heterocycles. The van der Waals surface area contributed by atoms with E-state index >= 15 is 0 Å². The second kappa shape index (κ2) is 11.5. The minimum Gasteiger partial charge on any atom is -0.493 e. The minimum absolute atomic E-state index is 0.134. The first-order valence-electron chi connectivity index (χ1n) is 10.9. The Bertz CT molecular complexity index is 971. The predicted molar refractivity (Wildman–Crippen MR) is 126 cm³/mol. The van der Waals surface area contributed by atoms with Crippen molar-refractivity contribution in [2.45, 2.75) is 38.8 Å². The molecule has 1 N–H and O–H groups in total. The Morgan fingerprint density at radius 1 is 0.812 bits per heavy atom. The number of hydrogen-bond donors (Lipinski definition) is 1. The van der Waals surface area contributed by atoms with Gasteiger partial charge in [-0.25, -0.2) is 4.39 Å². The van der Waals surface area contributed by atoms with Crippen molar-refractivity contribution in [3.05, 3.63) is 89.2 Å². The molecular weight excluding hydrogens is 405 g/mol. The lowest BCUT2D eigenvalue weighted by molar-refractivity contribution is 0.242. The normalized spacial score (nSPS) is 11.9. The predicted octanol–water partition coefficient (Wildman–Crippen LogP) is 5.94. The fraction of sp³-hybridized carbons (Fsp3) is 0.333. The zero-order valence-corrected chi connectivity index (χ0v) is 19.2. The van der Waals surface area contributed by atoms with E-state index < -0.39 is 0 Å². The van der Waals surface area contributed by atoms with Gasteiger partial charge in [-0.05, 0) is 79.9 Å². The van der Waals surface area contributed by atoms with E-state index in [-0.39, 0.29) is 17.8 Å². The summed E-state index contributed by atoms with van der Waals surface area (Å²) in [6, 6.07) is 20.9. The summed E-state index contributed by atoms with van der Waals surface area (Å²) in [5, 5.41) is 3.51. The maximum Gasteiger partial charge on any atom is 0.161 e. The van der Waals surface area contributed by atoms with Gasteiger partial charge in [0, 0.05) is 12.5 Å². The molecule has 0 fully saturated rings. The molecule has 3 rings (SSSR count). The second-order valence-corrected chi connectivity index (χ2v) is 7.99. The van der Waals surface area contributed by atoms with Crippen LogP contribution in [0.5, 0.6) is 17.2 Å². The first-order valence-corrected chi connectivity index (χ1v) is 10.9. The van der Waals surface area contributed by atoms with Crippen molar-refractivity contribution in [3.8, 4) is 17.2 Å². The van der Waals surface area contributed by atoms with Crippen molar-refractivity contribution in [3.63, 3.8) is 0 Å². The van der Waals surface area contributed by atoms with Crippen molar-refractivity contribution in [1.82, 2.24) is 5.32 Å². The van der Waals surface area contributed by atoms with Crippen LogP contribution in [0.1, 0.15) is 42.9 Å². The van der Waals surface area contributed by atoms with Gasteiger partial charge >= 0.3 is 0 Å². The van der Waals surface area contributed by atoms with Crippen LogP contribution < -0.4 is 19.5 Å². The number of methoxy groups -OCH3 is 2. The lowest BCUT2D eigenvalue weighted by Crippen LogP contribution is -2.18. The molecule has 3 aromatic carbocycles. The summed E-state index contributed by atoms with van der Waals surface area (Å²) >= 11 is 0. The largest absolute Gasteiger partial charge is 0.493 e. The van der Waals surface area contributed by atoms with Gasteiger partial charge < -0.3 is 19.5 Å². The fourth-order valence-corrected chi connectivity index (χ4v) is 3.74. The summed E-state index contributed by atoms with van der Waals surface area (Å²) in [5.41, 5.74) is 3.40. The number of rotatable bonds is 11. The monoisotopic (exact) mass is 437 g/mol. The summed E-state index contributed by atoms with van der Waals surface area (Å²) in [6.07, 6.45) is 1.01. The molecule has 0 unspecified atom stereocenters. The fourth-order valence-electron chi connectivity index (χ4n) is 3.74. The van der Waals surface area contributed by atoms with Crippen LogP contribution in [0.15, 0.2) is 66.7 Å².